The van der Waals surface area contributed by atoms with Crippen LogP contribution in [0, 0.1) is 11.8 Å². The van der Waals surface area contributed by atoms with Gasteiger partial charge in [0.15, 0.2) is 0 Å². The number of fused-ring (bicyclic) bond motifs is 1. The number of carboxylic acid groups (broad SMARTS) is 1. The number of likely N-dealkylation sites (tertiary alicyclic amines) is 1. The van der Waals surface area contributed by atoms with Crippen molar-refractivity contribution in [2.24, 2.45) is 11.8 Å². The van der Waals surface area contributed by atoms with E-state index in [1.807, 2.05) is 24.3 Å². The number of carbonyl (C=O) groups is 1. The van der Waals surface area contributed by atoms with E-state index in [9.17, 15) is 15.0 Å². The van der Waals surface area contributed by atoms with Crippen LogP contribution in [0.25, 0.3) is 10.9 Å². The van der Waals surface area contributed by atoms with E-state index in [1.165, 1.54) is 0 Å². The van der Waals surface area contributed by atoms with Crippen molar-refractivity contribution in [1.82, 2.24) is 9.88 Å². The number of nitrogens with zero attached hydrogens (tertiary/aromatic N) is 2. The van der Waals surface area contributed by atoms with Gasteiger partial charge >= 0.3 is 5.97 Å². The zero-order valence-corrected chi connectivity index (χ0v) is 17.9. The molecule has 0 bridgehead atoms. The molecule has 0 saturated carbocycles. The number of thioether (sulfide) groups is 1. The fraction of sp³-hybridized carbons (Fsp3) is 0.545. The summed E-state index contributed by atoms with van der Waals surface area (Å²) in [5, 5.41) is 21.5. The number of aliphatic hydroxyl groups excluding tert-OH is 1. The molecule has 1 aromatic heterocycles. The molecule has 29 heavy (non-hydrogen) atoms. The molecule has 0 spiro atoms. The first-order chi connectivity index (χ1) is 14.0. The van der Waals surface area contributed by atoms with Gasteiger partial charge in [0.1, 0.15) is 5.75 Å². The van der Waals surface area contributed by atoms with Gasteiger partial charge in [-0.1, -0.05) is 0 Å². The van der Waals surface area contributed by atoms with E-state index in [4.69, 9.17) is 4.74 Å². The van der Waals surface area contributed by atoms with Gasteiger partial charge in [0.25, 0.3) is 0 Å². The Bertz CT molecular complexity index is 832. The first-order valence-electron chi connectivity index (χ1n) is 10.1. The van der Waals surface area contributed by atoms with Crippen molar-refractivity contribution in [3.8, 4) is 5.75 Å². The number of benzene rings is 1. The van der Waals surface area contributed by atoms with Gasteiger partial charge < -0.3 is 19.8 Å². The maximum Gasteiger partial charge on any atom is 0.308 e. The predicted molar refractivity (Wildman–Crippen MR) is 117 cm³/mol. The molecule has 158 valence electrons. The van der Waals surface area contributed by atoms with Gasteiger partial charge in [-0.05, 0) is 67.8 Å². The number of hydrogen-bond donors (Lipinski definition) is 2. The van der Waals surface area contributed by atoms with E-state index >= 15 is 0 Å². The fourth-order valence-corrected chi connectivity index (χ4v) is 4.65. The Labute approximate surface area is 176 Å². The largest absolute Gasteiger partial charge is 0.497 e. The maximum absolute atomic E-state index is 11.8. The second-order valence-electron chi connectivity index (χ2n) is 7.66. The van der Waals surface area contributed by atoms with Crippen molar-refractivity contribution in [3.05, 3.63) is 36.0 Å². The zero-order valence-electron chi connectivity index (χ0n) is 17.1. The molecule has 1 aliphatic heterocycles. The third kappa shape index (κ3) is 5.41. The van der Waals surface area contributed by atoms with Crippen LogP contribution in [-0.4, -0.2) is 64.8 Å². The molecule has 0 aliphatic carbocycles. The molecule has 1 fully saturated rings. The number of hydrogen-bond acceptors (Lipinski definition) is 6. The second-order valence-corrected chi connectivity index (χ2v) is 8.65. The first-order valence-corrected chi connectivity index (χ1v) is 11.5. The Hall–Kier alpha value is -1.83. The fourth-order valence-electron chi connectivity index (χ4n) is 4.21. The molecule has 1 saturated heterocycles. The van der Waals surface area contributed by atoms with Crippen molar-refractivity contribution in [3.63, 3.8) is 0 Å². The Morgan fingerprint density at radius 2 is 2.24 bits per heavy atom. The summed E-state index contributed by atoms with van der Waals surface area (Å²) in [6, 6.07) is 7.47. The molecule has 3 rings (SSSR count). The monoisotopic (exact) mass is 418 g/mol. The van der Waals surface area contributed by atoms with Crippen LogP contribution >= 0.6 is 11.8 Å². The van der Waals surface area contributed by atoms with Crippen LogP contribution in [0.2, 0.25) is 0 Å². The van der Waals surface area contributed by atoms with Gasteiger partial charge in [-0.15, -0.1) is 0 Å². The van der Waals surface area contributed by atoms with Crippen LogP contribution in [0.1, 0.15) is 30.9 Å². The number of aliphatic hydroxyl groups is 1. The van der Waals surface area contributed by atoms with Crippen LogP contribution in [0.5, 0.6) is 5.75 Å². The SMILES string of the molecule is COc1ccc2nccc([C@H](O)CC[C@@H]3CCN(CCSC)C[C@@H]3C(=O)O)c2c1. The van der Waals surface area contributed by atoms with Gasteiger partial charge in [-0.3, -0.25) is 9.78 Å². The molecule has 1 aliphatic rings. The molecule has 0 unspecified atom stereocenters. The van der Waals surface area contributed by atoms with E-state index in [0.717, 1.165) is 47.5 Å². The van der Waals surface area contributed by atoms with Gasteiger partial charge in [0.2, 0.25) is 0 Å². The molecule has 0 radical (unpaired) electrons. The molecule has 1 aromatic carbocycles. The van der Waals surface area contributed by atoms with E-state index < -0.39 is 12.1 Å². The highest BCUT2D eigenvalue weighted by Crippen LogP contribution is 2.33. The number of pyridine rings is 1. The summed E-state index contributed by atoms with van der Waals surface area (Å²) in [4.78, 5) is 18.4. The third-order valence-electron chi connectivity index (χ3n) is 5.92. The minimum atomic E-state index is -0.725. The van der Waals surface area contributed by atoms with E-state index in [1.54, 1.807) is 25.1 Å². The summed E-state index contributed by atoms with van der Waals surface area (Å²) in [5.41, 5.74) is 1.63. The van der Waals surface area contributed by atoms with Crippen molar-refractivity contribution in [2.45, 2.75) is 25.4 Å². The van der Waals surface area contributed by atoms with Gasteiger partial charge in [-0.2, -0.15) is 11.8 Å². The normalized spacial score (nSPS) is 21.2. The highest BCUT2D eigenvalue weighted by atomic mass is 32.2. The van der Waals surface area contributed by atoms with Crippen LogP contribution < -0.4 is 4.74 Å². The summed E-state index contributed by atoms with van der Waals surface area (Å²) in [5.74, 6) is 0.747. The van der Waals surface area contributed by atoms with Crippen molar-refractivity contribution >= 4 is 28.6 Å². The first kappa shape index (κ1) is 21.9. The van der Waals surface area contributed by atoms with E-state index in [-0.39, 0.29) is 11.8 Å². The molecule has 0 amide bonds. The number of piperidine rings is 1. The lowest BCUT2D eigenvalue weighted by atomic mass is 9.81. The average molecular weight is 419 g/mol. The summed E-state index contributed by atoms with van der Waals surface area (Å²) >= 11 is 1.78. The van der Waals surface area contributed by atoms with E-state index in [0.29, 0.717) is 19.4 Å². The minimum absolute atomic E-state index is 0.0929. The Balaban J connectivity index is 1.67. The average Bonchev–Trinajstić information content (AvgIpc) is 2.75. The Kier molecular flexibility index (Phi) is 7.75. The predicted octanol–water partition coefficient (Wildman–Crippen LogP) is 3.44. The second kappa shape index (κ2) is 10.3. The van der Waals surface area contributed by atoms with Crippen LogP contribution in [0.4, 0.5) is 0 Å². The van der Waals surface area contributed by atoms with Crippen LogP contribution in [-0.2, 0) is 4.79 Å². The zero-order chi connectivity index (χ0) is 20.8. The summed E-state index contributed by atoms with van der Waals surface area (Å²) in [6.45, 7) is 2.47. The summed E-state index contributed by atoms with van der Waals surface area (Å²) in [6.07, 6.45) is 5.22. The Morgan fingerprint density at radius 3 is 2.97 bits per heavy atom. The lowest BCUT2D eigenvalue weighted by Crippen LogP contribution is -2.44. The molecule has 2 heterocycles. The highest BCUT2D eigenvalue weighted by Gasteiger charge is 2.34. The number of rotatable bonds is 9. The van der Waals surface area contributed by atoms with Gasteiger partial charge in [0, 0.05) is 30.4 Å². The van der Waals surface area contributed by atoms with Crippen LogP contribution in [0.3, 0.4) is 0 Å². The lowest BCUT2D eigenvalue weighted by Gasteiger charge is -2.36. The smallest absolute Gasteiger partial charge is 0.308 e. The maximum atomic E-state index is 11.8. The molecule has 2 N–H and O–H groups in total. The van der Waals surface area contributed by atoms with E-state index in [2.05, 4.69) is 16.1 Å². The van der Waals surface area contributed by atoms with Gasteiger partial charge in [-0.25, -0.2) is 0 Å². The molecule has 2 aromatic rings. The molecular formula is C22H30N2O4S. The van der Waals surface area contributed by atoms with Crippen molar-refractivity contribution < 1.29 is 19.7 Å². The standard InChI is InChI=1S/C22H30N2O4S/c1-28-16-4-5-20-18(13-16)17(7-9-23-20)21(25)6-3-15-8-10-24(11-12-29-2)14-19(15)22(26)27/h4-5,7,9,13,15,19,21,25H,3,6,8,10-12,14H2,1-2H3,(H,26,27)/t15-,19+,21-/m1/s1. The molecule has 7 heteroatoms. The van der Waals surface area contributed by atoms with Crippen LogP contribution in [0.15, 0.2) is 30.5 Å². The number of aliphatic carboxylic acids is 1. The topological polar surface area (TPSA) is 82.9 Å². The number of aromatic nitrogens is 1. The summed E-state index contributed by atoms with van der Waals surface area (Å²) < 4.78 is 5.31. The molecule has 3 atom stereocenters. The highest BCUT2D eigenvalue weighted by molar-refractivity contribution is 7.98. The molecule has 6 nitrogen and oxygen atoms in total. The van der Waals surface area contributed by atoms with Crippen molar-refractivity contribution in [2.75, 3.05) is 38.8 Å². The van der Waals surface area contributed by atoms with Gasteiger partial charge in [0.05, 0.1) is 24.6 Å². The summed E-state index contributed by atoms with van der Waals surface area (Å²) in [7, 11) is 1.62. The lowest BCUT2D eigenvalue weighted by molar-refractivity contribution is -0.146. The number of carboxylic acids is 1. The van der Waals surface area contributed by atoms with Crippen molar-refractivity contribution in [1.29, 1.82) is 0 Å². The third-order valence-corrected chi connectivity index (χ3v) is 6.51. The molecular weight excluding hydrogens is 388 g/mol. The minimum Gasteiger partial charge on any atom is -0.497 e. The number of ether oxygens (including phenoxy) is 1. The Morgan fingerprint density at radius 1 is 1.41 bits per heavy atom. The number of methoxy groups -OCH3 is 1. The quantitative estimate of drug-likeness (QED) is 0.645.